The maximum atomic E-state index is 12.4. The third-order valence-corrected chi connectivity index (χ3v) is 14.7. The SMILES string of the molecule is CS(=O)(=O)Cl.Cc1c(Br)cccc1CNc1nc(NCC2CCC([NH3+])CC2)c([N+](=O)[O-])c[nH+]1.Cc1c(Br)cccc1CNc1ncc([N+](=O)[O-])c(NCC2CCC(NC(=O)C(F)(F)F)CC2)n1.O=C([O-])C(F)(F)F.[CH2+]C(C)N(CC)C(C)C. The van der Waals surface area contributed by atoms with E-state index in [2.05, 4.69) is 129 Å². The Kier molecular flexibility index (Phi) is 30.7. The molecule has 9 N–H and O–H groups in total. The number of hydrogen-bond acceptors (Lipinski definition) is 17. The molecule has 0 aliphatic heterocycles. The Morgan fingerprint density at radius 1 is 0.807 bits per heavy atom. The molecule has 32 heteroatoms. The van der Waals surface area contributed by atoms with Crippen LogP contribution in [-0.2, 0) is 31.7 Å². The van der Waals surface area contributed by atoms with Gasteiger partial charge in [0.05, 0.1) is 35.6 Å². The van der Waals surface area contributed by atoms with E-state index >= 15 is 0 Å². The Labute approximate surface area is 499 Å². The summed E-state index contributed by atoms with van der Waals surface area (Å²) < 4.78 is 89.6. The number of quaternary nitrogens is 1. The molecule has 4 aromatic rings. The van der Waals surface area contributed by atoms with Crippen LogP contribution in [0.15, 0.2) is 57.7 Å². The number of nitrogens with zero attached hydrogens (tertiary/aromatic N) is 6. The summed E-state index contributed by atoms with van der Waals surface area (Å²) in [5, 5.41) is 46.0. The zero-order valence-corrected chi connectivity index (χ0v) is 51.6. The predicted molar refractivity (Wildman–Crippen MR) is 308 cm³/mol. The van der Waals surface area contributed by atoms with Gasteiger partial charge in [-0.3, -0.25) is 35.2 Å². The molecule has 0 saturated heterocycles. The van der Waals surface area contributed by atoms with Crippen LogP contribution in [0, 0.1) is 52.8 Å². The molecule has 2 fully saturated rings. The van der Waals surface area contributed by atoms with Crippen LogP contribution >= 0.6 is 42.5 Å². The van der Waals surface area contributed by atoms with Gasteiger partial charge in [0.2, 0.25) is 20.8 Å². The van der Waals surface area contributed by atoms with Crippen LogP contribution in [-0.4, -0.2) is 112 Å². The van der Waals surface area contributed by atoms with Gasteiger partial charge in [0, 0.05) is 51.3 Å². The van der Waals surface area contributed by atoms with E-state index < -0.39 is 49.2 Å². The number of aromatic amines is 1. The van der Waals surface area contributed by atoms with Crippen molar-refractivity contribution >= 4 is 98.4 Å². The lowest BCUT2D eigenvalue weighted by Gasteiger charge is -2.29. The van der Waals surface area contributed by atoms with Gasteiger partial charge in [0.25, 0.3) is 5.82 Å². The lowest BCUT2D eigenvalue weighted by Crippen LogP contribution is -2.61. The van der Waals surface area contributed by atoms with Crippen molar-refractivity contribution in [2.75, 3.05) is 47.2 Å². The summed E-state index contributed by atoms with van der Waals surface area (Å²) in [4.78, 5) is 59.6. The van der Waals surface area contributed by atoms with Gasteiger partial charge in [-0.2, -0.15) is 31.3 Å². The first-order chi connectivity index (χ1) is 38.5. The molecule has 2 aliphatic rings. The topological polar surface area (TPSA) is 321 Å². The first-order valence-electron chi connectivity index (χ1n) is 26.0. The highest BCUT2D eigenvalue weighted by molar-refractivity contribution is 9.10. The van der Waals surface area contributed by atoms with E-state index in [9.17, 15) is 59.8 Å². The van der Waals surface area contributed by atoms with Crippen LogP contribution in [0.1, 0.15) is 101 Å². The van der Waals surface area contributed by atoms with Gasteiger partial charge in [-0.25, -0.2) is 18.4 Å². The zero-order valence-electron chi connectivity index (χ0n) is 46.9. The van der Waals surface area contributed by atoms with Crippen LogP contribution < -0.4 is 42.4 Å². The summed E-state index contributed by atoms with van der Waals surface area (Å²) in [7, 11) is 1.31. The van der Waals surface area contributed by atoms with Crippen molar-refractivity contribution in [3.05, 3.63) is 107 Å². The monoisotopic (exact) mass is 1350 g/mol. The average Bonchev–Trinajstić information content (AvgIpc) is 3.38. The second-order valence-electron chi connectivity index (χ2n) is 19.8. The fraction of sp³-hybridized carbons (Fsp3) is 0.549. The number of carbonyl (C=O) groups is 2. The van der Waals surface area contributed by atoms with Gasteiger partial charge < -0.3 is 36.9 Å². The van der Waals surface area contributed by atoms with Crippen molar-refractivity contribution < 1.29 is 70.0 Å². The highest BCUT2D eigenvalue weighted by atomic mass is 79.9. The largest absolute Gasteiger partial charge is 0.542 e. The third-order valence-electron chi connectivity index (χ3n) is 13.0. The highest BCUT2D eigenvalue weighted by Crippen LogP contribution is 2.30. The van der Waals surface area contributed by atoms with Crippen molar-refractivity contribution in [3.8, 4) is 0 Å². The van der Waals surface area contributed by atoms with E-state index in [0.717, 1.165) is 75.9 Å². The minimum atomic E-state index is -5.19. The van der Waals surface area contributed by atoms with Crippen LogP contribution in [0.25, 0.3) is 0 Å². The smallest absolute Gasteiger partial charge is 0.471 e. The molecule has 2 aromatic carbocycles. The number of rotatable bonds is 18. The number of carboxylic acid groups (broad SMARTS) is 1. The number of aliphatic carboxylic acids is 1. The molecule has 1 amide bonds. The Morgan fingerprint density at radius 2 is 1.25 bits per heavy atom. The maximum Gasteiger partial charge on any atom is 0.471 e. The number of carboxylic acids is 1. The molecule has 462 valence electrons. The lowest BCUT2D eigenvalue weighted by atomic mass is 9.86. The van der Waals surface area contributed by atoms with Gasteiger partial charge in [-0.1, -0.05) is 63.0 Å². The van der Waals surface area contributed by atoms with Crippen molar-refractivity contribution in [2.24, 2.45) is 11.8 Å². The van der Waals surface area contributed by atoms with E-state index in [1.165, 1.54) is 6.20 Å². The number of amides is 1. The van der Waals surface area contributed by atoms with Crippen LogP contribution in [0.3, 0.4) is 0 Å². The molecule has 0 bridgehead atoms. The fourth-order valence-electron chi connectivity index (χ4n) is 8.41. The highest BCUT2D eigenvalue weighted by Gasteiger charge is 2.40. The molecular weight excluding hydrogens is 1280 g/mol. The summed E-state index contributed by atoms with van der Waals surface area (Å²) in [6, 6.07) is 12.9. The molecule has 83 heavy (non-hydrogen) atoms. The Morgan fingerprint density at radius 3 is 1.65 bits per heavy atom. The maximum absolute atomic E-state index is 12.4. The fourth-order valence-corrected chi connectivity index (χ4v) is 9.23. The van der Waals surface area contributed by atoms with Gasteiger partial charge in [-0.05, 0) is 144 Å². The second-order valence-corrected chi connectivity index (χ2v) is 24.5. The van der Waals surface area contributed by atoms with Crippen LogP contribution in [0.2, 0.25) is 0 Å². The first-order valence-corrected chi connectivity index (χ1v) is 30.3. The number of carbonyl (C=O) groups excluding carboxylic acids is 2. The molecule has 22 nitrogen and oxygen atoms in total. The number of nitrogens with one attached hydrogen (secondary N) is 6. The number of hydrogen-bond donors (Lipinski definition) is 6. The van der Waals surface area contributed by atoms with Gasteiger partial charge in [0.15, 0.2) is 0 Å². The predicted octanol–water partition coefficient (Wildman–Crippen LogP) is 8.84. The average molecular weight is 1350 g/mol. The Balaban J connectivity index is 0.000000425. The second kappa shape index (κ2) is 34.8. The number of nitro groups is 2. The third kappa shape index (κ3) is 28.0. The Hall–Kier alpha value is -5.89. The van der Waals surface area contributed by atoms with Gasteiger partial charge in [-0.15, -0.1) is 0 Å². The summed E-state index contributed by atoms with van der Waals surface area (Å²) in [6.07, 6.45) is -0.274. The number of halogens is 9. The van der Waals surface area contributed by atoms with Gasteiger partial charge in [0.1, 0.15) is 24.4 Å². The van der Waals surface area contributed by atoms with E-state index in [0.29, 0.717) is 87.7 Å². The molecule has 1 atom stereocenters. The lowest BCUT2D eigenvalue weighted by molar-refractivity contribution is -0.426. The quantitative estimate of drug-likeness (QED) is 0.0178. The van der Waals surface area contributed by atoms with Gasteiger partial charge >= 0.3 is 35.6 Å². The molecule has 6 rings (SSSR count). The molecule has 2 heterocycles. The molecule has 2 aromatic heterocycles. The van der Waals surface area contributed by atoms with Crippen molar-refractivity contribution in [3.63, 3.8) is 0 Å². The zero-order chi connectivity index (χ0) is 63.0. The molecule has 1 unspecified atom stereocenters. The Bertz CT molecular complexity index is 2840. The van der Waals surface area contributed by atoms with E-state index in [-0.39, 0.29) is 29.1 Å². The van der Waals surface area contributed by atoms with Crippen molar-refractivity contribution in [1.29, 1.82) is 0 Å². The molecule has 2 saturated carbocycles. The minimum Gasteiger partial charge on any atom is -0.542 e. The van der Waals surface area contributed by atoms with Crippen molar-refractivity contribution in [2.45, 2.75) is 143 Å². The minimum absolute atomic E-state index is 0.0463. The molecule has 0 radical (unpaired) electrons. The summed E-state index contributed by atoms with van der Waals surface area (Å²) in [6.45, 7) is 19.8. The summed E-state index contributed by atoms with van der Waals surface area (Å²) >= 11 is 7.01. The molecule has 0 spiro atoms. The van der Waals surface area contributed by atoms with Crippen LogP contribution in [0.4, 0.5) is 61.2 Å². The number of H-pyrrole nitrogens is 1. The van der Waals surface area contributed by atoms with E-state index in [1.807, 2.05) is 55.6 Å². The van der Waals surface area contributed by atoms with Crippen molar-refractivity contribution in [1.82, 2.24) is 25.2 Å². The number of benzene rings is 2. The summed E-state index contributed by atoms with van der Waals surface area (Å²) in [5.74, 6) is -3.26. The first kappa shape index (κ1) is 73.2. The number of alkyl halides is 6. The molecule has 2 aliphatic carbocycles. The standard InChI is InChI=1S/C21H24BrF3N6O3.C19H25BrN6O2.C8H18N.C2HF3O2.CH3ClO2S/c1-12-14(3-2-4-16(12)22)10-27-20-28-11-17(31(33)34)18(30-20)26-9-13-5-7-15(8-6-13)29-19(32)21(23,24)25;1-12-14(3-2-4-16(12)20)10-23-19-24-11-17(26(27)28)18(25-19)22-9-13-5-7-15(21)8-6-13;1-6-9(7(2)3)8(4)5;3-2(4,5)1(6)7;1-5(2,3)4/h2-4,11,13,15H,5-10H2,1H3,(H,29,32)(H2,26,27,28,30);2-4,11,13,15H,5-10,21H2,1H3,(H2,22,23,24,25);7-8H,2,6H2,1,3-5H3;(H,6,7);1H3/q;;+1;;/p+1. The van der Waals surface area contributed by atoms with Crippen LogP contribution in [0.5, 0.6) is 0 Å². The van der Waals surface area contributed by atoms with E-state index in [4.69, 9.17) is 9.90 Å². The number of anilines is 4. The van der Waals surface area contributed by atoms with E-state index in [1.54, 1.807) is 0 Å². The summed E-state index contributed by atoms with van der Waals surface area (Å²) in [5.41, 5.74) is 8.15. The normalized spacial score (nSPS) is 17.2. The number of aromatic nitrogens is 4. The molecular formula is C51H72Br2ClF6N13O9S+2.